The third-order valence-corrected chi connectivity index (χ3v) is 5.38. The molecule has 1 heterocycles. The Labute approximate surface area is 130 Å². The Morgan fingerprint density at radius 1 is 1.24 bits per heavy atom. The fourth-order valence-electron chi connectivity index (χ4n) is 3.97. The minimum atomic E-state index is -0.0840. The van der Waals surface area contributed by atoms with Gasteiger partial charge in [-0.2, -0.15) is 0 Å². The van der Waals surface area contributed by atoms with Gasteiger partial charge in [0.05, 0.1) is 6.10 Å². The zero-order valence-electron chi connectivity index (χ0n) is 13.8. The molecule has 0 aromatic carbocycles. The van der Waals surface area contributed by atoms with E-state index in [-0.39, 0.29) is 6.10 Å². The van der Waals surface area contributed by atoms with Crippen LogP contribution in [0.5, 0.6) is 0 Å². The van der Waals surface area contributed by atoms with Crippen molar-refractivity contribution in [1.29, 1.82) is 0 Å². The first-order valence-corrected chi connectivity index (χ1v) is 9.03. The number of hydrogen-bond acceptors (Lipinski definition) is 3. The van der Waals surface area contributed by atoms with Gasteiger partial charge >= 0.3 is 0 Å². The maximum Gasteiger partial charge on any atom is 0.0695 e. The Hall–Kier alpha value is -0.380. The van der Waals surface area contributed by atoms with Crippen LogP contribution in [-0.4, -0.2) is 47.3 Å². The minimum Gasteiger partial charge on any atom is -0.391 e. The number of likely N-dealkylation sites (tertiary alicyclic amines) is 1. The molecule has 3 nitrogen and oxygen atoms in total. The van der Waals surface area contributed by atoms with Crippen LogP contribution < -0.4 is 5.32 Å². The van der Waals surface area contributed by atoms with Crippen molar-refractivity contribution in [2.75, 3.05) is 13.1 Å². The SMILES string of the molecule is C=CCCC(CC)NC1CCN(C2CCCCC2O)CC1. The van der Waals surface area contributed by atoms with Crippen LogP contribution >= 0.6 is 0 Å². The zero-order chi connectivity index (χ0) is 15.1. The molecule has 2 aliphatic rings. The van der Waals surface area contributed by atoms with E-state index in [0.717, 1.165) is 25.9 Å². The Balaban J connectivity index is 1.73. The predicted molar refractivity (Wildman–Crippen MR) is 89.5 cm³/mol. The van der Waals surface area contributed by atoms with E-state index in [0.29, 0.717) is 18.1 Å². The van der Waals surface area contributed by atoms with Crippen LogP contribution in [0.4, 0.5) is 0 Å². The van der Waals surface area contributed by atoms with E-state index < -0.39 is 0 Å². The van der Waals surface area contributed by atoms with Gasteiger partial charge in [0, 0.05) is 31.2 Å². The third-order valence-electron chi connectivity index (χ3n) is 5.38. The van der Waals surface area contributed by atoms with Gasteiger partial charge in [-0.25, -0.2) is 0 Å². The van der Waals surface area contributed by atoms with Crippen LogP contribution in [0.3, 0.4) is 0 Å². The Bertz CT molecular complexity index is 300. The molecule has 3 atom stereocenters. The van der Waals surface area contributed by atoms with Crippen molar-refractivity contribution in [2.24, 2.45) is 0 Å². The van der Waals surface area contributed by atoms with Gasteiger partial charge in [0.2, 0.25) is 0 Å². The summed E-state index contributed by atoms with van der Waals surface area (Å²) in [5.41, 5.74) is 0. The van der Waals surface area contributed by atoms with Crippen LogP contribution in [0.2, 0.25) is 0 Å². The quantitative estimate of drug-likeness (QED) is 0.708. The second-order valence-corrected chi connectivity index (χ2v) is 6.87. The summed E-state index contributed by atoms with van der Waals surface area (Å²) >= 11 is 0. The minimum absolute atomic E-state index is 0.0840. The van der Waals surface area contributed by atoms with Crippen molar-refractivity contribution in [3.8, 4) is 0 Å². The van der Waals surface area contributed by atoms with Gasteiger partial charge in [-0.05, 0) is 44.9 Å². The highest BCUT2D eigenvalue weighted by molar-refractivity contribution is 4.88. The lowest BCUT2D eigenvalue weighted by Crippen LogP contribution is -2.52. The van der Waals surface area contributed by atoms with E-state index in [4.69, 9.17) is 0 Å². The molecule has 1 aliphatic heterocycles. The van der Waals surface area contributed by atoms with E-state index in [2.05, 4.69) is 23.7 Å². The molecule has 2 rings (SSSR count). The fraction of sp³-hybridized carbons (Fsp3) is 0.889. The number of nitrogens with zero attached hydrogens (tertiary/aromatic N) is 1. The lowest BCUT2D eigenvalue weighted by Gasteiger charge is -2.42. The molecule has 0 bridgehead atoms. The summed E-state index contributed by atoms with van der Waals surface area (Å²) in [5.74, 6) is 0. The molecule has 0 aromatic rings. The molecule has 3 heteroatoms. The molecule has 1 saturated heterocycles. The standard InChI is InChI=1S/C18H34N2O/c1-3-5-8-15(4-2)19-16-11-13-20(14-12-16)17-9-6-7-10-18(17)21/h3,15-19,21H,1,4-14H2,2H3. The predicted octanol–water partition coefficient (Wildman–Crippen LogP) is 3.09. The van der Waals surface area contributed by atoms with Gasteiger partial charge in [-0.3, -0.25) is 4.90 Å². The van der Waals surface area contributed by atoms with E-state index in [1.807, 2.05) is 6.08 Å². The summed E-state index contributed by atoms with van der Waals surface area (Å²) in [4.78, 5) is 2.55. The van der Waals surface area contributed by atoms with Gasteiger partial charge in [0.15, 0.2) is 0 Å². The lowest BCUT2D eigenvalue weighted by atomic mass is 9.89. The molecule has 2 fully saturated rings. The molecule has 1 aliphatic carbocycles. The van der Waals surface area contributed by atoms with E-state index in [1.165, 1.54) is 44.9 Å². The summed E-state index contributed by atoms with van der Waals surface area (Å²) in [6.07, 6.45) is 12.6. The van der Waals surface area contributed by atoms with Gasteiger partial charge in [0.1, 0.15) is 0 Å². The second kappa shape index (κ2) is 8.92. The molecule has 0 aromatic heterocycles. The highest BCUT2D eigenvalue weighted by Gasteiger charge is 2.31. The Morgan fingerprint density at radius 2 is 1.95 bits per heavy atom. The highest BCUT2D eigenvalue weighted by Crippen LogP contribution is 2.26. The summed E-state index contributed by atoms with van der Waals surface area (Å²) in [6, 6.07) is 1.74. The number of piperidine rings is 1. The smallest absolute Gasteiger partial charge is 0.0695 e. The van der Waals surface area contributed by atoms with E-state index in [1.54, 1.807) is 0 Å². The van der Waals surface area contributed by atoms with E-state index in [9.17, 15) is 5.11 Å². The number of aliphatic hydroxyl groups is 1. The Morgan fingerprint density at radius 3 is 2.57 bits per heavy atom. The number of allylic oxidation sites excluding steroid dienone is 1. The highest BCUT2D eigenvalue weighted by atomic mass is 16.3. The number of aliphatic hydroxyl groups excluding tert-OH is 1. The summed E-state index contributed by atoms with van der Waals surface area (Å²) < 4.78 is 0. The summed E-state index contributed by atoms with van der Waals surface area (Å²) in [7, 11) is 0. The number of hydrogen-bond donors (Lipinski definition) is 2. The lowest BCUT2D eigenvalue weighted by molar-refractivity contribution is 0.00653. The molecule has 1 saturated carbocycles. The summed E-state index contributed by atoms with van der Waals surface area (Å²) in [6.45, 7) is 8.40. The average Bonchev–Trinajstić information content (AvgIpc) is 2.52. The molecule has 122 valence electrons. The van der Waals surface area contributed by atoms with Crippen molar-refractivity contribution < 1.29 is 5.11 Å². The Kier molecular flexibility index (Phi) is 7.21. The first kappa shape index (κ1) is 17.0. The van der Waals surface area contributed by atoms with Crippen LogP contribution in [-0.2, 0) is 0 Å². The van der Waals surface area contributed by atoms with Crippen LogP contribution in [0.25, 0.3) is 0 Å². The van der Waals surface area contributed by atoms with Gasteiger partial charge < -0.3 is 10.4 Å². The van der Waals surface area contributed by atoms with Crippen LogP contribution in [0.15, 0.2) is 12.7 Å². The fourth-order valence-corrected chi connectivity index (χ4v) is 3.97. The largest absolute Gasteiger partial charge is 0.391 e. The maximum atomic E-state index is 10.2. The molecule has 3 unspecified atom stereocenters. The molecular weight excluding hydrogens is 260 g/mol. The first-order chi connectivity index (χ1) is 10.2. The van der Waals surface area contributed by atoms with Gasteiger partial charge in [0.25, 0.3) is 0 Å². The van der Waals surface area contributed by atoms with Gasteiger partial charge in [-0.1, -0.05) is 25.8 Å². The molecule has 21 heavy (non-hydrogen) atoms. The molecular formula is C18H34N2O. The monoisotopic (exact) mass is 294 g/mol. The maximum absolute atomic E-state index is 10.2. The average molecular weight is 294 g/mol. The van der Waals surface area contributed by atoms with Crippen LogP contribution in [0, 0.1) is 0 Å². The second-order valence-electron chi connectivity index (χ2n) is 6.87. The van der Waals surface area contributed by atoms with Crippen molar-refractivity contribution in [2.45, 2.75) is 88.9 Å². The summed E-state index contributed by atoms with van der Waals surface area (Å²) in [5, 5.41) is 14.0. The van der Waals surface area contributed by atoms with Crippen molar-refractivity contribution in [3.05, 3.63) is 12.7 Å². The third kappa shape index (κ3) is 5.08. The normalized spacial score (nSPS) is 30.2. The number of rotatable bonds is 7. The van der Waals surface area contributed by atoms with Crippen molar-refractivity contribution >= 4 is 0 Å². The topological polar surface area (TPSA) is 35.5 Å². The molecule has 2 N–H and O–H groups in total. The van der Waals surface area contributed by atoms with Crippen molar-refractivity contribution in [3.63, 3.8) is 0 Å². The van der Waals surface area contributed by atoms with Crippen LogP contribution in [0.1, 0.15) is 64.7 Å². The molecule has 0 spiro atoms. The molecule has 0 radical (unpaired) electrons. The first-order valence-electron chi connectivity index (χ1n) is 9.03. The van der Waals surface area contributed by atoms with Gasteiger partial charge in [-0.15, -0.1) is 6.58 Å². The number of nitrogens with one attached hydrogen (secondary N) is 1. The van der Waals surface area contributed by atoms with E-state index >= 15 is 0 Å². The molecule has 0 amide bonds. The zero-order valence-corrected chi connectivity index (χ0v) is 13.8. The van der Waals surface area contributed by atoms with Crippen molar-refractivity contribution in [1.82, 2.24) is 10.2 Å².